The Morgan fingerprint density at radius 1 is 1.12 bits per heavy atom. The van der Waals surface area contributed by atoms with Crippen LogP contribution in [0.2, 0.25) is 0 Å². The van der Waals surface area contributed by atoms with Gasteiger partial charge in [-0.2, -0.15) is 0 Å². The number of amides is 1. The molecule has 1 N–H and O–H groups in total. The lowest BCUT2D eigenvalue weighted by Crippen LogP contribution is -2.43. The van der Waals surface area contributed by atoms with E-state index in [9.17, 15) is 4.79 Å². The molecule has 0 atom stereocenters. The van der Waals surface area contributed by atoms with Crippen molar-refractivity contribution in [3.05, 3.63) is 29.8 Å². The SMILES string of the molecule is CCOCCOc1ccc(C(=O)NC(=S)N2CCCCCC2)cc1. The molecule has 6 heteroatoms. The second-order valence-electron chi connectivity index (χ2n) is 5.73. The Morgan fingerprint density at radius 2 is 1.79 bits per heavy atom. The van der Waals surface area contributed by atoms with Gasteiger partial charge in [0.15, 0.2) is 5.11 Å². The smallest absolute Gasteiger partial charge is 0.257 e. The zero-order chi connectivity index (χ0) is 17.2. The Kier molecular flexibility index (Phi) is 7.98. The molecular weight excluding hydrogens is 324 g/mol. The zero-order valence-corrected chi connectivity index (χ0v) is 15.1. The van der Waals surface area contributed by atoms with Gasteiger partial charge in [-0.25, -0.2) is 0 Å². The third-order valence-corrected chi connectivity index (χ3v) is 4.29. The standard InChI is InChI=1S/C18H26N2O3S/c1-2-22-13-14-23-16-9-7-15(8-10-16)17(21)19-18(24)20-11-5-3-4-6-12-20/h7-10H,2-6,11-14H2,1H3,(H,19,21,24). The van der Waals surface area contributed by atoms with E-state index in [1.54, 1.807) is 24.3 Å². The monoisotopic (exact) mass is 350 g/mol. The fraction of sp³-hybridized carbons (Fsp3) is 0.556. The Morgan fingerprint density at radius 3 is 2.42 bits per heavy atom. The average Bonchev–Trinajstić information content (AvgIpc) is 2.88. The lowest BCUT2D eigenvalue weighted by Gasteiger charge is -2.23. The number of nitrogens with zero attached hydrogens (tertiary/aromatic N) is 1. The summed E-state index contributed by atoms with van der Waals surface area (Å²) in [5.74, 6) is 0.548. The molecular formula is C18H26N2O3S. The molecule has 0 saturated carbocycles. The van der Waals surface area contributed by atoms with Crippen LogP contribution in [0.15, 0.2) is 24.3 Å². The van der Waals surface area contributed by atoms with E-state index in [1.807, 2.05) is 6.92 Å². The van der Waals surface area contributed by atoms with Crippen molar-refractivity contribution in [1.29, 1.82) is 0 Å². The summed E-state index contributed by atoms with van der Waals surface area (Å²) in [4.78, 5) is 14.4. The van der Waals surface area contributed by atoms with Gasteiger partial charge in [0, 0.05) is 25.3 Å². The number of thiocarbonyl (C=S) groups is 1. The Bertz CT molecular complexity index is 526. The molecule has 2 rings (SSSR count). The number of benzene rings is 1. The van der Waals surface area contributed by atoms with Gasteiger partial charge in [-0.05, 0) is 56.2 Å². The molecule has 1 fully saturated rings. The molecule has 1 amide bonds. The molecule has 1 heterocycles. The number of carbonyl (C=O) groups is 1. The second kappa shape index (κ2) is 10.3. The van der Waals surface area contributed by atoms with Crippen molar-refractivity contribution in [2.75, 3.05) is 32.9 Å². The van der Waals surface area contributed by atoms with E-state index in [2.05, 4.69) is 10.2 Å². The highest BCUT2D eigenvalue weighted by atomic mass is 32.1. The maximum absolute atomic E-state index is 12.3. The van der Waals surface area contributed by atoms with Gasteiger partial charge in [-0.15, -0.1) is 0 Å². The molecule has 0 aliphatic carbocycles. The molecule has 1 aliphatic heterocycles. The number of nitrogens with one attached hydrogen (secondary N) is 1. The summed E-state index contributed by atoms with van der Waals surface area (Å²) in [5.41, 5.74) is 0.573. The summed E-state index contributed by atoms with van der Waals surface area (Å²) < 4.78 is 10.8. The minimum atomic E-state index is -0.176. The van der Waals surface area contributed by atoms with E-state index in [1.165, 1.54) is 12.8 Å². The Hall–Kier alpha value is -1.66. The van der Waals surface area contributed by atoms with E-state index in [4.69, 9.17) is 21.7 Å². The van der Waals surface area contributed by atoms with Gasteiger partial charge >= 0.3 is 0 Å². The predicted octanol–water partition coefficient (Wildman–Crippen LogP) is 2.99. The van der Waals surface area contributed by atoms with Gasteiger partial charge in [0.1, 0.15) is 12.4 Å². The summed E-state index contributed by atoms with van der Waals surface area (Å²) in [6.45, 7) is 5.53. The molecule has 24 heavy (non-hydrogen) atoms. The van der Waals surface area contributed by atoms with E-state index in [0.29, 0.717) is 30.5 Å². The molecule has 5 nitrogen and oxygen atoms in total. The molecule has 0 bridgehead atoms. The number of carbonyl (C=O) groups excluding carboxylic acids is 1. The van der Waals surface area contributed by atoms with Crippen LogP contribution in [0.25, 0.3) is 0 Å². The average molecular weight is 350 g/mol. The fourth-order valence-electron chi connectivity index (χ4n) is 2.59. The Balaban J connectivity index is 1.82. The normalized spacial score (nSPS) is 14.8. The first-order valence-electron chi connectivity index (χ1n) is 8.61. The first-order valence-corrected chi connectivity index (χ1v) is 9.02. The predicted molar refractivity (Wildman–Crippen MR) is 98.5 cm³/mol. The number of hydrogen-bond acceptors (Lipinski definition) is 4. The van der Waals surface area contributed by atoms with Crippen molar-refractivity contribution in [3.8, 4) is 5.75 Å². The molecule has 1 aliphatic rings. The minimum Gasteiger partial charge on any atom is -0.491 e. The number of likely N-dealkylation sites (tertiary alicyclic amines) is 1. The van der Waals surface area contributed by atoms with E-state index >= 15 is 0 Å². The number of hydrogen-bond donors (Lipinski definition) is 1. The van der Waals surface area contributed by atoms with Gasteiger partial charge < -0.3 is 14.4 Å². The van der Waals surface area contributed by atoms with Gasteiger partial charge in [-0.1, -0.05) is 12.8 Å². The van der Waals surface area contributed by atoms with Crippen molar-refractivity contribution < 1.29 is 14.3 Å². The summed E-state index contributed by atoms with van der Waals surface area (Å²) in [6.07, 6.45) is 4.73. The van der Waals surface area contributed by atoms with Crippen LogP contribution < -0.4 is 10.1 Å². The molecule has 1 aromatic rings. The summed E-state index contributed by atoms with van der Waals surface area (Å²) in [6, 6.07) is 7.07. The topological polar surface area (TPSA) is 50.8 Å². The maximum Gasteiger partial charge on any atom is 0.257 e. The van der Waals surface area contributed by atoms with Crippen molar-refractivity contribution in [2.24, 2.45) is 0 Å². The highest BCUT2D eigenvalue weighted by Crippen LogP contribution is 2.13. The van der Waals surface area contributed by atoms with Crippen LogP contribution in [-0.2, 0) is 4.74 Å². The maximum atomic E-state index is 12.3. The summed E-state index contributed by atoms with van der Waals surface area (Å²) >= 11 is 5.37. The highest BCUT2D eigenvalue weighted by Gasteiger charge is 2.15. The van der Waals surface area contributed by atoms with Crippen molar-refractivity contribution in [1.82, 2.24) is 10.2 Å². The fourth-order valence-corrected chi connectivity index (χ4v) is 2.86. The third kappa shape index (κ3) is 6.09. The molecule has 0 spiro atoms. The zero-order valence-electron chi connectivity index (χ0n) is 14.3. The molecule has 0 unspecified atom stereocenters. The van der Waals surface area contributed by atoms with Crippen LogP contribution in [0.4, 0.5) is 0 Å². The first-order chi connectivity index (χ1) is 11.7. The van der Waals surface area contributed by atoms with Crippen LogP contribution in [0.5, 0.6) is 5.75 Å². The summed E-state index contributed by atoms with van der Waals surface area (Å²) in [5, 5.41) is 3.36. The largest absolute Gasteiger partial charge is 0.491 e. The molecule has 1 aromatic carbocycles. The third-order valence-electron chi connectivity index (χ3n) is 3.93. The van der Waals surface area contributed by atoms with Gasteiger partial charge in [-0.3, -0.25) is 10.1 Å². The number of ether oxygens (including phenoxy) is 2. The van der Waals surface area contributed by atoms with Crippen molar-refractivity contribution >= 4 is 23.2 Å². The van der Waals surface area contributed by atoms with Crippen LogP contribution in [0.1, 0.15) is 43.0 Å². The van der Waals surface area contributed by atoms with Gasteiger partial charge in [0.25, 0.3) is 5.91 Å². The van der Waals surface area contributed by atoms with Crippen LogP contribution in [-0.4, -0.2) is 48.8 Å². The quantitative estimate of drug-likeness (QED) is 0.631. The lowest BCUT2D eigenvalue weighted by molar-refractivity contribution is 0.0973. The van der Waals surface area contributed by atoms with E-state index in [0.717, 1.165) is 31.7 Å². The lowest BCUT2D eigenvalue weighted by atomic mass is 10.2. The van der Waals surface area contributed by atoms with Crippen LogP contribution in [0, 0.1) is 0 Å². The van der Waals surface area contributed by atoms with Gasteiger partial charge in [0.05, 0.1) is 6.61 Å². The minimum absolute atomic E-state index is 0.176. The van der Waals surface area contributed by atoms with Gasteiger partial charge in [0.2, 0.25) is 0 Å². The summed E-state index contributed by atoms with van der Waals surface area (Å²) in [7, 11) is 0. The van der Waals surface area contributed by atoms with Crippen LogP contribution in [0.3, 0.4) is 0 Å². The van der Waals surface area contributed by atoms with E-state index < -0.39 is 0 Å². The highest BCUT2D eigenvalue weighted by molar-refractivity contribution is 7.80. The molecule has 0 aromatic heterocycles. The second-order valence-corrected chi connectivity index (χ2v) is 6.12. The van der Waals surface area contributed by atoms with Crippen LogP contribution >= 0.6 is 12.2 Å². The molecule has 1 saturated heterocycles. The van der Waals surface area contributed by atoms with Crippen molar-refractivity contribution in [3.63, 3.8) is 0 Å². The molecule has 132 valence electrons. The number of rotatable bonds is 6. The Labute approximate surface area is 149 Å². The molecule has 0 radical (unpaired) electrons. The first kappa shape index (κ1) is 18.7. The van der Waals surface area contributed by atoms with E-state index in [-0.39, 0.29) is 5.91 Å². The van der Waals surface area contributed by atoms with Crippen molar-refractivity contribution in [2.45, 2.75) is 32.6 Å².